The molecule has 0 radical (unpaired) electrons. The first kappa shape index (κ1) is 14.4. The number of nitrogens with one attached hydrogen (secondary N) is 1. The molecule has 2 aromatic heterocycles. The highest BCUT2D eigenvalue weighted by molar-refractivity contribution is 5.94. The quantitative estimate of drug-likeness (QED) is 0.781. The molecule has 0 saturated heterocycles. The summed E-state index contributed by atoms with van der Waals surface area (Å²) >= 11 is 0. The fourth-order valence-corrected chi connectivity index (χ4v) is 2.22. The van der Waals surface area contributed by atoms with Crippen molar-refractivity contribution in [2.24, 2.45) is 5.92 Å². The van der Waals surface area contributed by atoms with Crippen LogP contribution in [0, 0.1) is 5.92 Å². The largest absolute Gasteiger partial charge is 0.438 e. The van der Waals surface area contributed by atoms with E-state index in [-0.39, 0.29) is 11.8 Å². The van der Waals surface area contributed by atoms with Gasteiger partial charge in [0.2, 0.25) is 11.8 Å². The van der Waals surface area contributed by atoms with E-state index in [0.717, 1.165) is 18.5 Å². The number of aromatic nitrogens is 4. The predicted octanol–water partition coefficient (Wildman–Crippen LogP) is 2.80. The number of benzene rings is 1. The lowest BCUT2D eigenvalue weighted by atomic mass is 10.3. The number of rotatable bonds is 5. The molecule has 1 amide bonds. The van der Waals surface area contributed by atoms with E-state index >= 15 is 0 Å². The number of hydrogen-bond acceptors (Lipinski definition) is 5. The highest BCUT2D eigenvalue weighted by Crippen LogP contribution is 2.30. The standard InChI is InChI=1S/C17H15N5O2/c23-17(12-1-2-12)19-13-3-5-14(6-4-13)24-16-8-7-15(20-21-16)22-10-9-18-11-22/h3-12H,1-2H2,(H,19,23). The van der Waals surface area contributed by atoms with Crippen molar-refractivity contribution in [1.29, 1.82) is 0 Å². The van der Waals surface area contributed by atoms with Crippen molar-refractivity contribution in [3.05, 3.63) is 55.1 Å². The van der Waals surface area contributed by atoms with E-state index in [0.29, 0.717) is 17.4 Å². The third-order valence-electron chi connectivity index (χ3n) is 3.69. The van der Waals surface area contributed by atoms with Crippen LogP contribution in [-0.2, 0) is 4.79 Å². The van der Waals surface area contributed by atoms with Gasteiger partial charge in [-0.05, 0) is 43.2 Å². The predicted molar refractivity (Wildman–Crippen MR) is 87.0 cm³/mol. The normalized spacial score (nSPS) is 13.5. The van der Waals surface area contributed by atoms with Crippen LogP contribution in [-0.4, -0.2) is 25.7 Å². The van der Waals surface area contributed by atoms with Gasteiger partial charge in [-0.3, -0.25) is 9.36 Å². The fraction of sp³-hybridized carbons (Fsp3) is 0.176. The lowest BCUT2D eigenvalue weighted by Crippen LogP contribution is -2.12. The van der Waals surface area contributed by atoms with Gasteiger partial charge in [-0.25, -0.2) is 4.98 Å². The highest BCUT2D eigenvalue weighted by Gasteiger charge is 2.29. The maximum Gasteiger partial charge on any atom is 0.238 e. The second-order valence-corrected chi connectivity index (χ2v) is 5.59. The van der Waals surface area contributed by atoms with Crippen molar-refractivity contribution in [3.63, 3.8) is 0 Å². The third kappa shape index (κ3) is 3.24. The molecule has 120 valence electrons. The molecule has 3 aromatic rings. The molecule has 0 bridgehead atoms. The zero-order valence-electron chi connectivity index (χ0n) is 12.8. The van der Waals surface area contributed by atoms with Crippen molar-refractivity contribution >= 4 is 11.6 Å². The molecule has 4 rings (SSSR count). The van der Waals surface area contributed by atoms with Gasteiger partial charge >= 0.3 is 0 Å². The Hall–Kier alpha value is -3.22. The summed E-state index contributed by atoms with van der Waals surface area (Å²) in [5.41, 5.74) is 0.765. The number of carbonyl (C=O) groups is 1. The van der Waals surface area contributed by atoms with Gasteiger partial charge in [0.05, 0.1) is 0 Å². The number of imidazole rings is 1. The van der Waals surface area contributed by atoms with Gasteiger partial charge in [-0.2, -0.15) is 0 Å². The summed E-state index contributed by atoms with van der Waals surface area (Å²) < 4.78 is 7.42. The molecule has 1 saturated carbocycles. The van der Waals surface area contributed by atoms with E-state index < -0.39 is 0 Å². The molecule has 0 aliphatic heterocycles. The van der Waals surface area contributed by atoms with Gasteiger partial charge < -0.3 is 10.1 Å². The zero-order chi connectivity index (χ0) is 16.4. The molecule has 1 aliphatic carbocycles. The van der Waals surface area contributed by atoms with Gasteiger partial charge in [0, 0.05) is 30.1 Å². The van der Waals surface area contributed by atoms with E-state index in [1.807, 2.05) is 12.1 Å². The van der Waals surface area contributed by atoms with Crippen LogP contribution >= 0.6 is 0 Å². The monoisotopic (exact) mass is 321 g/mol. The first-order valence-corrected chi connectivity index (χ1v) is 7.69. The number of hydrogen-bond donors (Lipinski definition) is 1. The average Bonchev–Trinajstić information content (AvgIpc) is 3.32. The number of nitrogens with zero attached hydrogens (tertiary/aromatic N) is 4. The Balaban J connectivity index is 1.40. The number of ether oxygens (including phenoxy) is 1. The van der Waals surface area contributed by atoms with Gasteiger partial charge in [0.15, 0.2) is 5.82 Å². The summed E-state index contributed by atoms with van der Waals surface area (Å²) in [5.74, 6) is 1.96. The summed E-state index contributed by atoms with van der Waals surface area (Å²) in [4.78, 5) is 15.7. The van der Waals surface area contributed by atoms with E-state index in [9.17, 15) is 4.79 Å². The van der Waals surface area contributed by atoms with E-state index in [4.69, 9.17) is 4.74 Å². The zero-order valence-corrected chi connectivity index (χ0v) is 12.8. The minimum absolute atomic E-state index is 0.0876. The van der Waals surface area contributed by atoms with Gasteiger partial charge in [-0.15, -0.1) is 10.2 Å². The van der Waals surface area contributed by atoms with Gasteiger partial charge in [-0.1, -0.05) is 0 Å². The summed E-state index contributed by atoms with van der Waals surface area (Å²) in [7, 11) is 0. The summed E-state index contributed by atoms with van der Waals surface area (Å²) in [6.45, 7) is 0. The minimum Gasteiger partial charge on any atom is -0.438 e. The lowest BCUT2D eigenvalue weighted by Gasteiger charge is -2.07. The molecule has 1 fully saturated rings. The first-order chi connectivity index (χ1) is 11.8. The molecule has 7 nitrogen and oxygen atoms in total. The number of amides is 1. The Morgan fingerprint density at radius 2 is 1.96 bits per heavy atom. The Morgan fingerprint density at radius 1 is 1.12 bits per heavy atom. The van der Waals surface area contributed by atoms with Crippen LogP contribution in [0.2, 0.25) is 0 Å². The number of anilines is 1. The molecule has 7 heteroatoms. The van der Waals surface area contributed by atoms with Crippen LogP contribution in [0.25, 0.3) is 5.82 Å². The van der Waals surface area contributed by atoms with Gasteiger partial charge in [0.1, 0.15) is 12.1 Å². The molecule has 0 atom stereocenters. The highest BCUT2D eigenvalue weighted by atomic mass is 16.5. The van der Waals surface area contributed by atoms with E-state index in [2.05, 4.69) is 20.5 Å². The topological polar surface area (TPSA) is 81.9 Å². The molecule has 24 heavy (non-hydrogen) atoms. The Kier molecular flexibility index (Phi) is 3.66. The Bertz CT molecular complexity index is 824. The summed E-state index contributed by atoms with van der Waals surface area (Å²) in [6.07, 6.45) is 7.09. The second kappa shape index (κ2) is 6.11. The Labute approximate surface area is 138 Å². The fourth-order valence-electron chi connectivity index (χ4n) is 2.22. The van der Waals surface area contributed by atoms with Crippen molar-refractivity contribution in [3.8, 4) is 17.4 Å². The van der Waals surface area contributed by atoms with Crippen LogP contribution in [0.5, 0.6) is 11.6 Å². The lowest BCUT2D eigenvalue weighted by molar-refractivity contribution is -0.117. The van der Waals surface area contributed by atoms with E-state index in [1.165, 1.54) is 0 Å². The van der Waals surface area contributed by atoms with Crippen molar-refractivity contribution in [2.75, 3.05) is 5.32 Å². The summed E-state index contributed by atoms with van der Waals surface area (Å²) in [5, 5.41) is 11.0. The Morgan fingerprint density at radius 3 is 2.58 bits per heavy atom. The first-order valence-electron chi connectivity index (χ1n) is 7.69. The maximum absolute atomic E-state index is 11.7. The molecule has 0 spiro atoms. The summed E-state index contributed by atoms with van der Waals surface area (Å²) in [6, 6.07) is 10.7. The van der Waals surface area contributed by atoms with Crippen LogP contribution < -0.4 is 10.1 Å². The SMILES string of the molecule is O=C(Nc1ccc(Oc2ccc(-n3ccnc3)nn2)cc1)C1CC1. The van der Waals surface area contributed by atoms with Crippen LogP contribution in [0.1, 0.15) is 12.8 Å². The molecule has 1 aromatic carbocycles. The van der Waals surface area contributed by atoms with Crippen molar-refractivity contribution in [1.82, 2.24) is 19.7 Å². The van der Waals surface area contributed by atoms with Gasteiger partial charge in [0.25, 0.3) is 0 Å². The molecule has 0 unspecified atom stereocenters. The molecule has 1 aliphatic rings. The van der Waals surface area contributed by atoms with Crippen LogP contribution in [0.3, 0.4) is 0 Å². The average molecular weight is 321 g/mol. The molecular formula is C17H15N5O2. The maximum atomic E-state index is 11.7. The molecule has 1 N–H and O–H groups in total. The second-order valence-electron chi connectivity index (χ2n) is 5.59. The smallest absolute Gasteiger partial charge is 0.238 e. The van der Waals surface area contributed by atoms with Crippen molar-refractivity contribution < 1.29 is 9.53 Å². The third-order valence-corrected chi connectivity index (χ3v) is 3.69. The van der Waals surface area contributed by atoms with Crippen LogP contribution in [0.4, 0.5) is 5.69 Å². The minimum atomic E-state index is 0.0876. The van der Waals surface area contributed by atoms with Crippen molar-refractivity contribution in [2.45, 2.75) is 12.8 Å². The molecular weight excluding hydrogens is 306 g/mol. The molecule has 2 heterocycles. The van der Waals surface area contributed by atoms with Crippen LogP contribution in [0.15, 0.2) is 55.1 Å². The van der Waals surface area contributed by atoms with E-state index in [1.54, 1.807) is 47.6 Å². The number of carbonyl (C=O) groups excluding carboxylic acids is 1.